The molecule has 1 unspecified atom stereocenters. The van der Waals surface area contributed by atoms with Crippen LogP contribution in [-0.2, 0) is 14.3 Å². The van der Waals surface area contributed by atoms with Crippen molar-refractivity contribution in [3.05, 3.63) is 41.7 Å². The van der Waals surface area contributed by atoms with Crippen molar-refractivity contribution in [2.24, 2.45) is 4.99 Å². The number of aryl methyl sites for hydroxylation is 1. The third-order valence-corrected chi connectivity index (χ3v) is 6.23. The molecule has 0 radical (unpaired) electrons. The van der Waals surface area contributed by atoms with E-state index in [4.69, 9.17) is 9.18 Å². The zero-order valence-electron chi connectivity index (χ0n) is 16.6. The second kappa shape index (κ2) is 7.81. The highest BCUT2D eigenvalue weighted by Gasteiger charge is 2.42. The van der Waals surface area contributed by atoms with Gasteiger partial charge in [0.05, 0.1) is 29.2 Å². The van der Waals surface area contributed by atoms with E-state index < -0.39 is 10.1 Å². The Kier molecular flexibility index (Phi) is 5.84. The van der Waals surface area contributed by atoms with Crippen molar-refractivity contribution in [3.63, 3.8) is 0 Å². The van der Waals surface area contributed by atoms with Crippen LogP contribution in [0.3, 0.4) is 0 Å². The molecular formula is C20H29N3O3S. The third kappa shape index (κ3) is 4.65. The van der Waals surface area contributed by atoms with E-state index in [0.29, 0.717) is 5.71 Å². The summed E-state index contributed by atoms with van der Waals surface area (Å²) in [6.45, 7) is 4.26. The maximum Gasteiger partial charge on any atom is 0.264 e. The fourth-order valence-electron chi connectivity index (χ4n) is 4.36. The molecule has 148 valence electrons. The molecule has 0 aliphatic carbocycles. The summed E-state index contributed by atoms with van der Waals surface area (Å²) in [6.07, 6.45) is 11.0. The smallest absolute Gasteiger partial charge is 0.264 e. The first-order valence-corrected chi connectivity index (χ1v) is 11.2. The van der Waals surface area contributed by atoms with Crippen LogP contribution in [0.5, 0.6) is 0 Å². The van der Waals surface area contributed by atoms with Crippen LogP contribution in [0.4, 0.5) is 0 Å². The lowest BCUT2D eigenvalue weighted by Crippen LogP contribution is -2.52. The SMILES string of the molecule is Cc1cccnc1[C@@H]1CCC[C@H](C2(C)CC=CC(COS(C)(=O)=O)=N2)N1C. The Bertz CT molecular complexity index is 850. The Labute approximate surface area is 162 Å². The highest BCUT2D eigenvalue weighted by Crippen LogP contribution is 2.40. The van der Waals surface area contributed by atoms with E-state index in [1.54, 1.807) is 0 Å². The maximum absolute atomic E-state index is 11.3. The highest BCUT2D eigenvalue weighted by atomic mass is 32.2. The number of hydrogen-bond donors (Lipinski definition) is 0. The molecule has 0 saturated carbocycles. The minimum atomic E-state index is -3.48. The molecule has 3 atom stereocenters. The fraction of sp³-hybridized carbons (Fsp3) is 0.600. The van der Waals surface area contributed by atoms with Gasteiger partial charge in [0, 0.05) is 12.2 Å². The van der Waals surface area contributed by atoms with Crippen molar-refractivity contribution in [3.8, 4) is 0 Å². The van der Waals surface area contributed by atoms with Gasteiger partial charge in [-0.15, -0.1) is 0 Å². The van der Waals surface area contributed by atoms with Gasteiger partial charge in [0.1, 0.15) is 6.61 Å². The molecule has 2 aliphatic heterocycles. The van der Waals surface area contributed by atoms with E-state index in [0.717, 1.165) is 37.6 Å². The van der Waals surface area contributed by atoms with Gasteiger partial charge < -0.3 is 0 Å². The fourth-order valence-corrected chi connectivity index (χ4v) is 4.69. The molecule has 27 heavy (non-hydrogen) atoms. The summed E-state index contributed by atoms with van der Waals surface area (Å²) < 4.78 is 27.6. The molecule has 3 heterocycles. The number of dihydropyridines is 1. The summed E-state index contributed by atoms with van der Waals surface area (Å²) in [6, 6.07) is 4.63. The quantitative estimate of drug-likeness (QED) is 0.722. The van der Waals surface area contributed by atoms with Gasteiger partial charge in [-0.1, -0.05) is 12.1 Å². The van der Waals surface area contributed by atoms with E-state index >= 15 is 0 Å². The lowest BCUT2D eigenvalue weighted by molar-refractivity contribution is 0.0626. The number of hydrogen-bond acceptors (Lipinski definition) is 6. The molecule has 2 aliphatic rings. The number of likely N-dealkylation sites (N-methyl/N-ethyl adjacent to an activating group) is 1. The minimum Gasteiger partial charge on any atom is -0.292 e. The number of piperidine rings is 1. The van der Waals surface area contributed by atoms with Crippen molar-refractivity contribution >= 4 is 15.8 Å². The molecule has 0 N–H and O–H groups in total. The van der Waals surface area contributed by atoms with Gasteiger partial charge in [-0.3, -0.25) is 19.1 Å². The number of pyridine rings is 1. The van der Waals surface area contributed by atoms with Crippen molar-refractivity contribution in [1.82, 2.24) is 9.88 Å². The van der Waals surface area contributed by atoms with Gasteiger partial charge in [-0.2, -0.15) is 8.42 Å². The molecule has 1 saturated heterocycles. The Morgan fingerprint density at radius 1 is 1.37 bits per heavy atom. The first-order chi connectivity index (χ1) is 12.7. The molecule has 1 aromatic rings. The van der Waals surface area contributed by atoms with E-state index in [9.17, 15) is 8.42 Å². The Morgan fingerprint density at radius 3 is 2.85 bits per heavy atom. The molecule has 7 heteroatoms. The zero-order chi connectivity index (χ0) is 19.7. The first-order valence-electron chi connectivity index (χ1n) is 9.43. The summed E-state index contributed by atoms with van der Waals surface area (Å²) in [4.78, 5) is 12.0. The van der Waals surface area contributed by atoms with Gasteiger partial charge in [-0.25, -0.2) is 0 Å². The van der Waals surface area contributed by atoms with Crippen molar-refractivity contribution < 1.29 is 12.6 Å². The predicted octanol–water partition coefficient (Wildman–Crippen LogP) is 3.05. The summed E-state index contributed by atoms with van der Waals surface area (Å²) in [5.74, 6) is 0. The van der Waals surface area contributed by atoms with Crippen LogP contribution in [0, 0.1) is 6.92 Å². The number of aromatic nitrogens is 1. The van der Waals surface area contributed by atoms with E-state index in [1.165, 1.54) is 5.56 Å². The van der Waals surface area contributed by atoms with Gasteiger partial charge >= 0.3 is 0 Å². The van der Waals surface area contributed by atoms with Gasteiger partial charge in [-0.05, 0) is 64.3 Å². The van der Waals surface area contributed by atoms with Crippen LogP contribution < -0.4 is 0 Å². The molecule has 1 aromatic heterocycles. The number of rotatable bonds is 5. The Balaban J connectivity index is 1.82. The summed E-state index contributed by atoms with van der Waals surface area (Å²) >= 11 is 0. The molecule has 0 spiro atoms. The molecule has 1 fully saturated rings. The standard InChI is InChI=1S/C20H29N3O3S/c1-15-8-7-13-21-19(15)17-10-5-11-18(23(17)3)20(2)12-6-9-16(22-20)14-26-27(4,24)25/h6-9,13,17-18H,5,10-12,14H2,1-4H3/t17-,18+,20?/m0/s1. The van der Waals surface area contributed by atoms with Gasteiger partial charge in [0.2, 0.25) is 0 Å². The Morgan fingerprint density at radius 2 is 2.15 bits per heavy atom. The molecule has 0 bridgehead atoms. The van der Waals surface area contributed by atoms with Crippen LogP contribution in [0.25, 0.3) is 0 Å². The molecular weight excluding hydrogens is 362 g/mol. The van der Waals surface area contributed by atoms with Crippen LogP contribution in [-0.4, -0.2) is 55.5 Å². The number of likely N-dealkylation sites (tertiary alicyclic amines) is 1. The summed E-state index contributed by atoms with van der Waals surface area (Å²) in [5, 5.41) is 0. The predicted molar refractivity (Wildman–Crippen MR) is 108 cm³/mol. The van der Waals surface area contributed by atoms with E-state index in [-0.39, 0.29) is 24.2 Å². The van der Waals surface area contributed by atoms with Gasteiger partial charge in [0.15, 0.2) is 0 Å². The highest BCUT2D eigenvalue weighted by molar-refractivity contribution is 7.86. The summed E-state index contributed by atoms with van der Waals surface area (Å²) in [7, 11) is -1.32. The lowest BCUT2D eigenvalue weighted by Gasteiger charge is -2.47. The molecule has 3 rings (SSSR count). The van der Waals surface area contributed by atoms with Crippen molar-refractivity contribution in [2.75, 3.05) is 19.9 Å². The largest absolute Gasteiger partial charge is 0.292 e. The molecule has 6 nitrogen and oxygen atoms in total. The topological polar surface area (TPSA) is 71.9 Å². The van der Waals surface area contributed by atoms with E-state index in [2.05, 4.69) is 42.9 Å². The molecule has 0 amide bonds. The van der Waals surface area contributed by atoms with Crippen LogP contribution in [0.1, 0.15) is 49.9 Å². The van der Waals surface area contributed by atoms with Crippen LogP contribution in [0.2, 0.25) is 0 Å². The van der Waals surface area contributed by atoms with E-state index in [1.807, 2.05) is 18.3 Å². The lowest BCUT2D eigenvalue weighted by atomic mass is 9.79. The number of nitrogens with zero attached hydrogens (tertiary/aromatic N) is 3. The zero-order valence-corrected chi connectivity index (χ0v) is 17.4. The third-order valence-electron chi connectivity index (χ3n) is 5.68. The second-order valence-corrected chi connectivity index (χ2v) is 9.51. The average Bonchev–Trinajstić information content (AvgIpc) is 2.60. The Hall–Kier alpha value is -1.57. The number of aliphatic imine (C=N–C) groups is 1. The van der Waals surface area contributed by atoms with Crippen molar-refractivity contribution in [1.29, 1.82) is 0 Å². The monoisotopic (exact) mass is 391 g/mol. The maximum atomic E-state index is 11.3. The normalized spacial score (nSPS) is 29.6. The van der Waals surface area contributed by atoms with Crippen molar-refractivity contribution in [2.45, 2.75) is 57.2 Å². The van der Waals surface area contributed by atoms with Gasteiger partial charge in [0.25, 0.3) is 10.1 Å². The average molecular weight is 392 g/mol. The first kappa shape index (κ1) is 20.2. The second-order valence-electron chi connectivity index (χ2n) is 7.87. The molecule has 0 aromatic carbocycles. The summed E-state index contributed by atoms with van der Waals surface area (Å²) in [5.41, 5.74) is 2.73. The van der Waals surface area contributed by atoms with Crippen LogP contribution in [0.15, 0.2) is 35.5 Å². The minimum absolute atomic E-state index is 0.00979. The van der Waals surface area contributed by atoms with Crippen LogP contribution >= 0.6 is 0 Å².